The van der Waals surface area contributed by atoms with Crippen LogP contribution in [-0.4, -0.2) is 69.2 Å². The molecule has 2 aromatic rings. The van der Waals surface area contributed by atoms with Crippen LogP contribution in [0.1, 0.15) is 12.5 Å². The lowest BCUT2D eigenvalue weighted by Crippen LogP contribution is -2.48. The van der Waals surface area contributed by atoms with E-state index in [9.17, 15) is 19.7 Å². The van der Waals surface area contributed by atoms with Crippen molar-refractivity contribution in [1.29, 1.82) is 0 Å². The number of hydrogen-bond donors (Lipinski definition) is 0. The zero-order valence-corrected chi connectivity index (χ0v) is 16.4. The van der Waals surface area contributed by atoms with Crippen LogP contribution in [0.3, 0.4) is 0 Å². The van der Waals surface area contributed by atoms with Gasteiger partial charge < -0.3 is 9.80 Å². The number of amides is 2. The molecule has 0 radical (unpaired) electrons. The number of carbonyl (C=O) groups excluding carboxylic acids is 2. The molecule has 0 saturated carbocycles. The minimum absolute atomic E-state index is 0.0681. The number of rotatable bonds is 5. The summed E-state index contributed by atoms with van der Waals surface area (Å²) in [7, 11) is 0. The SMILES string of the molecule is CCN1C(=O)C(c2ccc([N+](=O)[O-])cc2)=C(N2CCN(c3ncccn3)CC2)C1=O. The molecule has 10 heteroatoms. The minimum Gasteiger partial charge on any atom is -0.363 e. The van der Waals surface area contributed by atoms with Crippen molar-refractivity contribution in [3.05, 3.63) is 64.1 Å². The van der Waals surface area contributed by atoms with Gasteiger partial charge in [0, 0.05) is 57.3 Å². The summed E-state index contributed by atoms with van der Waals surface area (Å²) in [6, 6.07) is 7.48. The average Bonchev–Trinajstić information content (AvgIpc) is 3.04. The van der Waals surface area contributed by atoms with Crippen LogP contribution < -0.4 is 4.90 Å². The van der Waals surface area contributed by atoms with Gasteiger partial charge in [-0.05, 0) is 30.7 Å². The second-order valence-electron chi connectivity index (χ2n) is 6.91. The third-order valence-electron chi connectivity index (χ3n) is 5.26. The van der Waals surface area contributed by atoms with E-state index >= 15 is 0 Å². The molecule has 1 saturated heterocycles. The molecule has 0 aliphatic carbocycles. The quantitative estimate of drug-likeness (QED) is 0.413. The molecule has 0 atom stereocenters. The van der Waals surface area contributed by atoms with Gasteiger partial charge in [0.25, 0.3) is 17.5 Å². The van der Waals surface area contributed by atoms with E-state index in [0.29, 0.717) is 49.0 Å². The number of nitrogens with zero attached hydrogens (tertiary/aromatic N) is 6. The maximum absolute atomic E-state index is 13.0. The smallest absolute Gasteiger partial charge is 0.277 e. The van der Waals surface area contributed by atoms with Crippen LogP contribution >= 0.6 is 0 Å². The van der Waals surface area contributed by atoms with E-state index < -0.39 is 4.92 Å². The molecule has 1 aromatic heterocycles. The number of non-ortho nitro benzene ring substituents is 1. The Balaban J connectivity index is 1.65. The standard InChI is InChI=1S/C20H20N6O4/c1-2-25-18(27)16(14-4-6-15(7-5-14)26(29)30)17(19(25)28)23-10-12-24(13-11-23)20-21-8-3-9-22-20/h3-9H,2,10-13H2,1H3. The van der Waals surface area contributed by atoms with Crippen LogP contribution in [-0.2, 0) is 9.59 Å². The first-order valence-electron chi connectivity index (χ1n) is 9.63. The highest BCUT2D eigenvalue weighted by Gasteiger charge is 2.41. The molecular weight excluding hydrogens is 388 g/mol. The third-order valence-corrected chi connectivity index (χ3v) is 5.26. The molecule has 2 aliphatic rings. The Hall–Kier alpha value is -3.82. The summed E-state index contributed by atoms with van der Waals surface area (Å²) in [5.74, 6) is -0.0776. The van der Waals surface area contributed by atoms with E-state index in [1.807, 2.05) is 9.80 Å². The zero-order chi connectivity index (χ0) is 21.3. The lowest BCUT2D eigenvalue weighted by Gasteiger charge is -2.36. The van der Waals surface area contributed by atoms with E-state index in [2.05, 4.69) is 9.97 Å². The van der Waals surface area contributed by atoms with Crippen LogP contribution in [0.2, 0.25) is 0 Å². The lowest BCUT2D eigenvalue weighted by atomic mass is 10.0. The number of nitro benzene ring substituents is 1. The molecule has 30 heavy (non-hydrogen) atoms. The molecule has 0 N–H and O–H groups in total. The van der Waals surface area contributed by atoms with Gasteiger partial charge in [0.15, 0.2) is 0 Å². The number of imide groups is 1. The zero-order valence-electron chi connectivity index (χ0n) is 16.4. The first-order chi connectivity index (χ1) is 14.5. The number of hydrogen-bond acceptors (Lipinski definition) is 8. The first-order valence-corrected chi connectivity index (χ1v) is 9.63. The van der Waals surface area contributed by atoms with Gasteiger partial charge in [-0.25, -0.2) is 9.97 Å². The molecule has 0 spiro atoms. The van der Waals surface area contributed by atoms with Gasteiger partial charge in [-0.15, -0.1) is 0 Å². The highest BCUT2D eigenvalue weighted by atomic mass is 16.6. The van der Waals surface area contributed by atoms with E-state index in [1.165, 1.54) is 29.2 Å². The van der Waals surface area contributed by atoms with Crippen LogP contribution in [0, 0.1) is 10.1 Å². The van der Waals surface area contributed by atoms with Crippen molar-refractivity contribution in [2.75, 3.05) is 37.6 Å². The number of benzene rings is 1. The second-order valence-corrected chi connectivity index (χ2v) is 6.91. The van der Waals surface area contributed by atoms with Crippen molar-refractivity contribution in [3.8, 4) is 0 Å². The number of anilines is 1. The fourth-order valence-corrected chi connectivity index (χ4v) is 3.74. The number of piperazine rings is 1. The molecule has 2 aliphatic heterocycles. The summed E-state index contributed by atoms with van der Waals surface area (Å²) in [4.78, 5) is 50.1. The van der Waals surface area contributed by atoms with Gasteiger partial charge in [-0.1, -0.05) is 0 Å². The Bertz CT molecular complexity index is 1010. The van der Waals surface area contributed by atoms with E-state index in [4.69, 9.17) is 0 Å². The monoisotopic (exact) mass is 408 g/mol. The predicted octanol–water partition coefficient (Wildman–Crippen LogP) is 1.31. The van der Waals surface area contributed by atoms with Crippen molar-refractivity contribution >= 4 is 29.0 Å². The molecular formula is C20H20N6O4. The Labute approximate surface area is 172 Å². The second kappa shape index (κ2) is 7.90. The summed E-state index contributed by atoms with van der Waals surface area (Å²) in [5, 5.41) is 10.9. The van der Waals surface area contributed by atoms with Gasteiger partial charge in [0.1, 0.15) is 5.70 Å². The lowest BCUT2D eigenvalue weighted by molar-refractivity contribution is -0.384. The Morgan fingerprint density at radius 1 is 0.967 bits per heavy atom. The minimum atomic E-state index is -0.496. The van der Waals surface area contributed by atoms with Gasteiger partial charge in [-0.2, -0.15) is 0 Å². The molecule has 10 nitrogen and oxygen atoms in total. The predicted molar refractivity (Wildman–Crippen MR) is 108 cm³/mol. The number of aromatic nitrogens is 2. The van der Waals surface area contributed by atoms with Crippen molar-refractivity contribution in [1.82, 2.24) is 19.8 Å². The van der Waals surface area contributed by atoms with Crippen LogP contribution in [0.4, 0.5) is 11.6 Å². The average molecular weight is 408 g/mol. The van der Waals surface area contributed by atoms with Crippen molar-refractivity contribution in [2.24, 2.45) is 0 Å². The first kappa shape index (κ1) is 19.5. The highest BCUT2D eigenvalue weighted by molar-refractivity contribution is 6.35. The maximum atomic E-state index is 13.0. The highest BCUT2D eigenvalue weighted by Crippen LogP contribution is 2.33. The fourth-order valence-electron chi connectivity index (χ4n) is 3.74. The fraction of sp³-hybridized carbons (Fsp3) is 0.300. The molecule has 1 fully saturated rings. The van der Waals surface area contributed by atoms with Crippen molar-refractivity contribution in [3.63, 3.8) is 0 Å². The van der Waals surface area contributed by atoms with Crippen LogP contribution in [0.25, 0.3) is 5.57 Å². The molecule has 0 bridgehead atoms. The summed E-state index contributed by atoms with van der Waals surface area (Å²) >= 11 is 0. The van der Waals surface area contributed by atoms with Crippen molar-refractivity contribution < 1.29 is 14.5 Å². The van der Waals surface area contributed by atoms with Crippen LogP contribution in [0.15, 0.2) is 48.4 Å². The van der Waals surface area contributed by atoms with Gasteiger partial charge >= 0.3 is 0 Å². The van der Waals surface area contributed by atoms with Gasteiger partial charge in [-0.3, -0.25) is 24.6 Å². The number of nitro groups is 1. The number of carbonyl (C=O) groups is 2. The number of likely N-dealkylation sites (N-methyl/N-ethyl adjacent to an activating group) is 1. The summed E-state index contributed by atoms with van der Waals surface area (Å²) in [5.41, 5.74) is 1.07. The van der Waals surface area contributed by atoms with E-state index in [0.717, 1.165) is 0 Å². The molecule has 2 amide bonds. The van der Waals surface area contributed by atoms with Gasteiger partial charge in [0.05, 0.1) is 10.5 Å². The van der Waals surface area contributed by atoms with E-state index in [1.54, 1.807) is 25.4 Å². The normalized spacial score (nSPS) is 17.2. The largest absolute Gasteiger partial charge is 0.363 e. The Morgan fingerprint density at radius 2 is 1.57 bits per heavy atom. The van der Waals surface area contributed by atoms with Crippen molar-refractivity contribution in [2.45, 2.75) is 6.92 Å². The maximum Gasteiger partial charge on any atom is 0.277 e. The molecule has 1 aromatic carbocycles. The Kier molecular flexibility index (Phi) is 5.13. The Morgan fingerprint density at radius 3 is 2.13 bits per heavy atom. The summed E-state index contributed by atoms with van der Waals surface area (Å²) in [6.45, 7) is 4.27. The molecule has 4 rings (SSSR count). The van der Waals surface area contributed by atoms with E-state index in [-0.39, 0.29) is 24.0 Å². The third kappa shape index (κ3) is 3.36. The summed E-state index contributed by atoms with van der Waals surface area (Å²) < 4.78 is 0. The topological polar surface area (TPSA) is 113 Å². The van der Waals surface area contributed by atoms with Crippen LogP contribution in [0.5, 0.6) is 0 Å². The summed E-state index contributed by atoms with van der Waals surface area (Å²) in [6.07, 6.45) is 3.37. The molecule has 154 valence electrons. The molecule has 0 unspecified atom stereocenters. The van der Waals surface area contributed by atoms with Gasteiger partial charge in [0.2, 0.25) is 5.95 Å². The molecule has 3 heterocycles.